The predicted octanol–water partition coefficient (Wildman–Crippen LogP) is -0.148. The van der Waals surface area contributed by atoms with E-state index in [2.05, 4.69) is 0 Å². The molecule has 2 N–H and O–H groups in total. The van der Waals surface area contributed by atoms with Crippen LogP contribution in [0.3, 0.4) is 0 Å². The van der Waals surface area contributed by atoms with Gasteiger partial charge in [0.15, 0.2) is 0 Å². The molecule has 0 saturated carbocycles. The van der Waals surface area contributed by atoms with Crippen LogP contribution in [-0.2, 0) is 10.2 Å². The quantitative estimate of drug-likeness (QED) is 0.737. The van der Waals surface area contributed by atoms with E-state index < -0.39 is 10.2 Å². The van der Waals surface area contributed by atoms with Crippen LogP contribution in [-0.4, -0.2) is 49.2 Å². The van der Waals surface area contributed by atoms with E-state index in [-0.39, 0.29) is 12.0 Å². The van der Waals surface area contributed by atoms with Crippen molar-refractivity contribution < 1.29 is 8.42 Å². The second kappa shape index (κ2) is 4.78. The lowest BCUT2D eigenvalue weighted by Gasteiger charge is -2.25. The Morgan fingerprint density at radius 2 is 1.87 bits per heavy atom. The minimum atomic E-state index is -3.28. The van der Waals surface area contributed by atoms with Gasteiger partial charge in [-0.15, -0.1) is 0 Å². The number of rotatable bonds is 4. The number of nitrogens with two attached hydrogens (primary N) is 1. The van der Waals surface area contributed by atoms with E-state index in [1.54, 1.807) is 0 Å². The Morgan fingerprint density at radius 1 is 1.33 bits per heavy atom. The molecule has 90 valence electrons. The first kappa shape index (κ1) is 12.9. The average Bonchev–Trinajstić information content (AvgIpc) is 2.49. The van der Waals surface area contributed by atoms with Gasteiger partial charge in [-0.2, -0.15) is 17.0 Å². The highest BCUT2D eigenvalue weighted by atomic mass is 32.2. The molecule has 2 atom stereocenters. The van der Waals surface area contributed by atoms with Crippen molar-refractivity contribution in [3.8, 4) is 0 Å². The molecule has 1 saturated heterocycles. The van der Waals surface area contributed by atoms with Crippen molar-refractivity contribution in [2.45, 2.75) is 26.8 Å². The molecule has 1 heterocycles. The lowest BCUT2D eigenvalue weighted by Crippen LogP contribution is -2.43. The fourth-order valence-electron chi connectivity index (χ4n) is 1.85. The predicted molar refractivity (Wildman–Crippen MR) is 60.6 cm³/mol. The second-order valence-electron chi connectivity index (χ2n) is 4.05. The Balaban J connectivity index is 2.79. The van der Waals surface area contributed by atoms with Gasteiger partial charge < -0.3 is 5.73 Å². The summed E-state index contributed by atoms with van der Waals surface area (Å²) < 4.78 is 27.1. The molecule has 1 fully saturated rings. The van der Waals surface area contributed by atoms with Crippen molar-refractivity contribution in [2.24, 2.45) is 11.7 Å². The van der Waals surface area contributed by atoms with Crippen LogP contribution in [0.25, 0.3) is 0 Å². The Hall–Kier alpha value is -0.170. The van der Waals surface area contributed by atoms with Gasteiger partial charge >= 0.3 is 0 Å². The first-order chi connectivity index (χ1) is 6.93. The zero-order valence-electron chi connectivity index (χ0n) is 9.68. The highest BCUT2D eigenvalue weighted by Gasteiger charge is 2.36. The molecule has 1 aliphatic heterocycles. The number of hydrogen-bond donors (Lipinski definition) is 1. The molecular weight excluding hydrogens is 214 g/mol. The monoisotopic (exact) mass is 235 g/mol. The summed E-state index contributed by atoms with van der Waals surface area (Å²) in [5.41, 5.74) is 5.82. The normalized spacial score (nSPS) is 28.9. The topological polar surface area (TPSA) is 66.6 Å². The molecule has 0 aromatic rings. The van der Waals surface area contributed by atoms with Crippen molar-refractivity contribution in [1.82, 2.24) is 8.61 Å². The largest absolute Gasteiger partial charge is 0.326 e. The molecular formula is C9H21N3O2S. The third-order valence-electron chi connectivity index (χ3n) is 2.99. The second-order valence-corrected chi connectivity index (χ2v) is 5.98. The lowest BCUT2D eigenvalue weighted by atomic mass is 10.1. The van der Waals surface area contributed by atoms with Gasteiger partial charge in [0.1, 0.15) is 0 Å². The summed E-state index contributed by atoms with van der Waals surface area (Å²) in [6.45, 7) is 7.70. The van der Waals surface area contributed by atoms with Crippen LogP contribution in [0.5, 0.6) is 0 Å². The summed E-state index contributed by atoms with van der Waals surface area (Å²) >= 11 is 0. The summed E-state index contributed by atoms with van der Waals surface area (Å²) in [6.07, 6.45) is 0. The molecule has 0 radical (unpaired) electrons. The zero-order chi connectivity index (χ0) is 11.6. The zero-order valence-corrected chi connectivity index (χ0v) is 10.5. The maximum Gasteiger partial charge on any atom is 0.282 e. The smallest absolute Gasteiger partial charge is 0.282 e. The molecule has 0 aromatic carbocycles. The fraction of sp³-hybridized carbons (Fsp3) is 1.00. The first-order valence-electron chi connectivity index (χ1n) is 5.44. The van der Waals surface area contributed by atoms with Crippen molar-refractivity contribution in [3.63, 3.8) is 0 Å². The van der Waals surface area contributed by atoms with E-state index in [1.165, 1.54) is 8.61 Å². The van der Waals surface area contributed by atoms with Gasteiger partial charge in [-0.05, 0) is 5.92 Å². The minimum absolute atomic E-state index is 0.0321. The molecule has 1 aliphatic rings. The van der Waals surface area contributed by atoms with Gasteiger partial charge in [0.05, 0.1) is 0 Å². The Labute approximate surface area is 92.4 Å². The van der Waals surface area contributed by atoms with Gasteiger partial charge in [0, 0.05) is 32.2 Å². The van der Waals surface area contributed by atoms with E-state index in [1.807, 2.05) is 20.8 Å². The van der Waals surface area contributed by atoms with E-state index in [4.69, 9.17) is 5.73 Å². The van der Waals surface area contributed by atoms with Gasteiger partial charge in [0.25, 0.3) is 10.2 Å². The molecule has 0 bridgehead atoms. The lowest BCUT2D eigenvalue weighted by molar-refractivity contribution is 0.374. The molecule has 1 rings (SSSR count). The minimum Gasteiger partial charge on any atom is -0.326 e. The van der Waals surface area contributed by atoms with Gasteiger partial charge in [-0.1, -0.05) is 20.8 Å². The third-order valence-corrected chi connectivity index (χ3v) is 5.11. The molecule has 0 aliphatic carbocycles. The highest BCUT2D eigenvalue weighted by molar-refractivity contribution is 7.86. The van der Waals surface area contributed by atoms with Gasteiger partial charge in [0.2, 0.25) is 0 Å². The molecule has 0 amide bonds. The fourth-order valence-corrected chi connectivity index (χ4v) is 3.61. The highest BCUT2D eigenvalue weighted by Crippen LogP contribution is 2.20. The summed E-state index contributed by atoms with van der Waals surface area (Å²) in [5.74, 6) is 0.246. The maximum atomic E-state index is 12.1. The molecule has 15 heavy (non-hydrogen) atoms. The van der Waals surface area contributed by atoms with E-state index in [9.17, 15) is 8.42 Å². The van der Waals surface area contributed by atoms with Gasteiger partial charge in [-0.25, -0.2) is 0 Å². The molecule has 5 nitrogen and oxygen atoms in total. The number of hydrogen-bond acceptors (Lipinski definition) is 3. The summed E-state index contributed by atoms with van der Waals surface area (Å²) in [7, 11) is -3.28. The van der Waals surface area contributed by atoms with Crippen LogP contribution < -0.4 is 5.73 Å². The molecule has 6 heteroatoms. The van der Waals surface area contributed by atoms with E-state index in [0.717, 1.165) is 0 Å². The van der Waals surface area contributed by atoms with Crippen LogP contribution in [0.4, 0.5) is 0 Å². The van der Waals surface area contributed by atoms with Crippen LogP contribution in [0.1, 0.15) is 20.8 Å². The SMILES string of the molecule is CCN(CC)S(=O)(=O)N1CC(C)C(N)C1. The maximum absolute atomic E-state index is 12.1. The Morgan fingerprint density at radius 3 is 2.20 bits per heavy atom. The van der Waals surface area contributed by atoms with Crippen molar-refractivity contribution in [2.75, 3.05) is 26.2 Å². The van der Waals surface area contributed by atoms with Crippen molar-refractivity contribution in [3.05, 3.63) is 0 Å². The van der Waals surface area contributed by atoms with Crippen molar-refractivity contribution in [1.29, 1.82) is 0 Å². The molecule has 0 aromatic heterocycles. The summed E-state index contributed by atoms with van der Waals surface area (Å²) in [5, 5.41) is 0. The first-order valence-corrected chi connectivity index (χ1v) is 6.84. The molecule has 0 spiro atoms. The van der Waals surface area contributed by atoms with Crippen LogP contribution >= 0.6 is 0 Å². The van der Waals surface area contributed by atoms with Crippen LogP contribution in [0, 0.1) is 5.92 Å². The summed E-state index contributed by atoms with van der Waals surface area (Å²) in [6, 6.07) is -0.0321. The number of nitrogens with zero attached hydrogens (tertiary/aromatic N) is 2. The van der Waals surface area contributed by atoms with Crippen LogP contribution in [0.15, 0.2) is 0 Å². The Kier molecular flexibility index (Phi) is 4.11. The van der Waals surface area contributed by atoms with E-state index in [0.29, 0.717) is 26.2 Å². The van der Waals surface area contributed by atoms with Crippen molar-refractivity contribution >= 4 is 10.2 Å². The standard InChI is InChI=1S/C9H21N3O2S/c1-4-11(5-2)15(13,14)12-6-8(3)9(10)7-12/h8-9H,4-7,10H2,1-3H3. The Bertz CT molecular complexity index is 290. The molecule has 2 unspecified atom stereocenters. The summed E-state index contributed by atoms with van der Waals surface area (Å²) in [4.78, 5) is 0. The third kappa shape index (κ3) is 2.50. The average molecular weight is 235 g/mol. The van der Waals surface area contributed by atoms with Gasteiger partial charge in [-0.3, -0.25) is 0 Å². The van der Waals surface area contributed by atoms with E-state index >= 15 is 0 Å². The van der Waals surface area contributed by atoms with Crippen LogP contribution in [0.2, 0.25) is 0 Å².